The zero-order valence-electron chi connectivity index (χ0n) is 11.4. The second kappa shape index (κ2) is 6.83. The van der Waals surface area contributed by atoms with E-state index in [9.17, 15) is 9.59 Å². The molecule has 0 bridgehead atoms. The van der Waals surface area contributed by atoms with Gasteiger partial charge in [0, 0.05) is 38.2 Å². The van der Waals surface area contributed by atoms with Crippen LogP contribution >= 0.6 is 11.3 Å². The van der Waals surface area contributed by atoms with Gasteiger partial charge in [0.25, 0.3) is 0 Å². The maximum atomic E-state index is 12.3. The second-order valence-corrected chi connectivity index (χ2v) is 5.61. The first-order valence-corrected chi connectivity index (χ1v) is 7.36. The van der Waals surface area contributed by atoms with Gasteiger partial charge in [0.2, 0.25) is 11.8 Å². The van der Waals surface area contributed by atoms with Crippen LogP contribution in [0.4, 0.5) is 0 Å². The lowest BCUT2D eigenvalue weighted by Gasteiger charge is -2.35. The van der Waals surface area contributed by atoms with Crippen LogP contribution in [-0.2, 0) is 14.3 Å². The normalized spacial score (nSPS) is 17.1. The first-order valence-electron chi connectivity index (χ1n) is 6.48. The van der Waals surface area contributed by atoms with E-state index >= 15 is 0 Å². The first-order chi connectivity index (χ1) is 9.63. The van der Waals surface area contributed by atoms with Crippen LogP contribution in [0.2, 0.25) is 0 Å². The maximum Gasteiger partial charge on any atom is 0.248 e. The molecule has 1 aliphatic heterocycles. The molecular weight excluding hydrogens is 278 g/mol. The molecule has 2 rings (SSSR count). The van der Waals surface area contributed by atoms with Crippen molar-refractivity contribution in [2.24, 2.45) is 5.73 Å². The second-order valence-electron chi connectivity index (χ2n) is 4.63. The number of nitrogens with zero attached hydrogens (tertiary/aromatic N) is 2. The summed E-state index contributed by atoms with van der Waals surface area (Å²) in [5, 5.41) is 1.91. The molecule has 0 aromatic carbocycles. The van der Waals surface area contributed by atoms with Gasteiger partial charge in [-0.25, -0.2) is 0 Å². The van der Waals surface area contributed by atoms with E-state index in [1.54, 1.807) is 9.80 Å². The number of hydrogen-bond donors (Lipinski definition) is 1. The summed E-state index contributed by atoms with van der Waals surface area (Å²) in [5.41, 5.74) is 5.97. The molecule has 1 aromatic rings. The Labute approximate surface area is 122 Å². The van der Waals surface area contributed by atoms with Crippen molar-refractivity contribution in [1.29, 1.82) is 0 Å². The van der Waals surface area contributed by atoms with E-state index in [1.165, 1.54) is 18.4 Å². The fourth-order valence-electron chi connectivity index (χ4n) is 2.18. The third-order valence-corrected chi connectivity index (χ3v) is 4.28. The Balaban J connectivity index is 1.87. The molecule has 2 amide bonds. The molecule has 110 valence electrons. The van der Waals surface area contributed by atoms with Crippen molar-refractivity contribution in [1.82, 2.24) is 9.80 Å². The van der Waals surface area contributed by atoms with Crippen LogP contribution in [-0.4, -0.2) is 61.5 Å². The smallest absolute Gasteiger partial charge is 0.248 e. The number of carbonyl (C=O) groups excluding carboxylic acids is 2. The molecule has 1 fully saturated rings. The highest BCUT2D eigenvalue weighted by atomic mass is 32.1. The molecule has 1 atom stereocenters. The average molecular weight is 297 g/mol. The van der Waals surface area contributed by atoms with Gasteiger partial charge in [-0.2, -0.15) is 0 Å². The number of amides is 2. The number of rotatable bonds is 4. The van der Waals surface area contributed by atoms with Crippen molar-refractivity contribution in [2.75, 3.05) is 39.9 Å². The maximum absolute atomic E-state index is 12.3. The number of methoxy groups -OCH3 is 1. The summed E-state index contributed by atoms with van der Waals surface area (Å²) in [4.78, 5) is 28.3. The van der Waals surface area contributed by atoms with Crippen molar-refractivity contribution < 1.29 is 14.3 Å². The highest BCUT2D eigenvalue weighted by Gasteiger charge is 2.28. The van der Waals surface area contributed by atoms with E-state index in [-0.39, 0.29) is 18.4 Å². The lowest BCUT2D eigenvalue weighted by Crippen LogP contribution is -2.53. The molecule has 2 heterocycles. The summed E-state index contributed by atoms with van der Waals surface area (Å²) in [5.74, 6) is -0.117. The Morgan fingerprint density at radius 1 is 1.35 bits per heavy atom. The number of piperazine rings is 1. The highest BCUT2D eigenvalue weighted by Crippen LogP contribution is 2.19. The van der Waals surface area contributed by atoms with E-state index in [4.69, 9.17) is 10.5 Å². The van der Waals surface area contributed by atoms with Crippen LogP contribution in [0, 0.1) is 0 Å². The standard InChI is InChI=1S/C13H19N3O3S/c1-19-9-11(17)15-4-6-16(7-5-15)13(18)12(14)10-3-2-8-20-10/h2-3,8,12H,4-7,9,14H2,1H3. The third kappa shape index (κ3) is 3.36. The highest BCUT2D eigenvalue weighted by molar-refractivity contribution is 7.10. The number of thiophene rings is 1. The van der Waals surface area contributed by atoms with E-state index < -0.39 is 6.04 Å². The van der Waals surface area contributed by atoms with Gasteiger partial charge in [-0.1, -0.05) is 6.07 Å². The van der Waals surface area contributed by atoms with E-state index in [0.717, 1.165) is 4.88 Å². The van der Waals surface area contributed by atoms with Crippen molar-refractivity contribution >= 4 is 23.2 Å². The topological polar surface area (TPSA) is 75.9 Å². The predicted molar refractivity (Wildman–Crippen MR) is 76.3 cm³/mol. The van der Waals surface area contributed by atoms with Gasteiger partial charge in [0.15, 0.2) is 0 Å². The van der Waals surface area contributed by atoms with Gasteiger partial charge in [-0.05, 0) is 11.4 Å². The van der Waals surface area contributed by atoms with Gasteiger partial charge in [0.1, 0.15) is 12.6 Å². The predicted octanol–water partition coefficient (Wildman–Crippen LogP) is 0.0651. The number of carbonyl (C=O) groups is 2. The Hall–Kier alpha value is -1.44. The molecular formula is C13H19N3O3S. The van der Waals surface area contributed by atoms with Crippen molar-refractivity contribution in [3.63, 3.8) is 0 Å². The van der Waals surface area contributed by atoms with Crippen LogP contribution in [0.3, 0.4) is 0 Å². The molecule has 2 N–H and O–H groups in total. The summed E-state index contributed by atoms with van der Waals surface area (Å²) >= 11 is 1.48. The molecule has 0 spiro atoms. The van der Waals surface area contributed by atoms with E-state index in [0.29, 0.717) is 26.2 Å². The molecule has 20 heavy (non-hydrogen) atoms. The third-order valence-electron chi connectivity index (χ3n) is 3.33. The van der Waals surface area contributed by atoms with Crippen molar-refractivity contribution in [3.8, 4) is 0 Å². The Bertz CT molecular complexity index is 455. The number of nitrogens with two attached hydrogens (primary N) is 1. The first kappa shape index (κ1) is 15.0. The largest absolute Gasteiger partial charge is 0.375 e. The Kier molecular flexibility index (Phi) is 5.11. The van der Waals surface area contributed by atoms with E-state index in [1.807, 2.05) is 17.5 Å². The molecule has 7 heteroatoms. The summed E-state index contributed by atoms with van der Waals surface area (Å²) < 4.78 is 4.83. The molecule has 0 aliphatic carbocycles. The van der Waals surface area contributed by atoms with Crippen molar-refractivity contribution in [3.05, 3.63) is 22.4 Å². The van der Waals surface area contributed by atoms with Crippen molar-refractivity contribution in [2.45, 2.75) is 6.04 Å². The quantitative estimate of drug-likeness (QED) is 0.853. The minimum absolute atomic E-state index is 0.0397. The fraction of sp³-hybridized carbons (Fsp3) is 0.538. The van der Waals surface area contributed by atoms with Crippen LogP contribution in [0.5, 0.6) is 0 Å². The monoisotopic (exact) mass is 297 g/mol. The van der Waals surface area contributed by atoms with Crippen LogP contribution < -0.4 is 5.73 Å². The molecule has 0 saturated carbocycles. The summed E-state index contributed by atoms with van der Waals surface area (Å²) in [6.45, 7) is 2.19. The van der Waals surface area contributed by atoms with Gasteiger partial charge >= 0.3 is 0 Å². The molecule has 1 aromatic heterocycles. The molecule has 0 radical (unpaired) electrons. The minimum atomic E-state index is -0.601. The Morgan fingerprint density at radius 2 is 2.00 bits per heavy atom. The van der Waals surface area contributed by atoms with Crippen LogP contribution in [0.1, 0.15) is 10.9 Å². The lowest BCUT2D eigenvalue weighted by atomic mass is 10.2. The average Bonchev–Trinajstić information content (AvgIpc) is 3.00. The minimum Gasteiger partial charge on any atom is -0.375 e. The van der Waals surface area contributed by atoms with Gasteiger partial charge in [-0.3, -0.25) is 9.59 Å². The molecule has 6 nitrogen and oxygen atoms in total. The van der Waals surface area contributed by atoms with Crippen LogP contribution in [0.25, 0.3) is 0 Å². The summed E-state index contributed by atoms with van der Waals surface area (Å²) in [6.07, 6.45) is 0. The number of ether oxygens (including phenoxy) is 1. The molecule has 1 aliphatic rings. The zero-order chi connectivity index (χ0) is 14.5. The van der Waals surface area contributed by atoms with Gasteiger partial charge in [0.05, 0.1) is 0 Å². The molecule has 1 unspecified atom stereocenters. The van der Waals surface area contributed by atoms with Gasteiger partial charge < -0.3 is 20.3 Å². The zero-order valence-corrected chi connectivity index (χ0v) is 12.3. The van der Waals surface area contributed by atoms with E-state index in [2.05, 4.69) is 0 Å². The fourth-order valence-corrected chi connectivity index (χ4v) is 2.90. The lowest BCUT2D eigenvalue weighted by molar-refractivity contribution is -0.142. The summed E-state index contributed by atoms with van der Waals surface area (Å²) in [7, 11) is 1.50. The number of hydrogen-bond acceptors (Lipinski definition) is 5. The van der Waals surface area contributed by atoms with Gasteiger partial charge in [-0.15, -0.1) is 11.3 Å². The van der Waals surface area contributed by atoms with Crippen LogP contribution in [0.15, 0.2) is 17.5 Å². The SMILES string of the molecule is COCC(=O)N1CCN(C(=O)C(N)c2cccs2)CC1. The Morgan fingerprint density at radius 3 is 2.55 bits per heavy atom. The molecule has 1 saturated heterocycles. The summed E-state index contributed by atoms with van der Waals surface area (Å²) in [6, 6.07) is 3.15.